The average Bonchev–Trinajstić information content (AvgIpc) is 1.37. The maximum absolute atomic E-state index is 11.4. The maximum atomic E-state index is 11.4. The molecule has 0 atom stereocenters. The lowest BCUT2D eigenvalue weighted by Gasteiger charge is -2.46. The van der Waals surface area contributed by atoms with E-state index in [0.717, 1.165) is 156 Å². The van der Waals surface area contributed by atoms with Gasteiger partial charge in [-0.3, -0.25) is 0 Å². The Balaban J connectivity index is 1.02. The summed E-state index contributed by atoms with van der Waals surface area (Å²) in [5.41, 5.74) is 34.7. The van der Waals surface area contributed by atoms with E-state index in [4.69, 9.17) is 0 Å². The van der Waals surface area contributed by atoms with E-state index in [0.29, 0.717) is 16.7 Å². The molecule has 18 aromatic rings. The molecule has 0 radical (unpaired) electrons. The van der Waals surface area contributed by atoms with E-state index in [1.54, 1.807) is 0 Å². The molecule has 0 N–H and O–H groups in total. The first-order valence-electron chi connectivity index (χ1n) is 42.3. The Morgan fingerprint density at radius 3 is 0.876 bits per heavy atom. The van der Waals surface area contributed by atoms with Gasteiger partial charge < -0.3 is 18.9 Å². The Labute approximate surface area is 710 Å². The van der Waals surface area contributed by atoms with Gasteiger partial charge in [0.15, 0.2) is 0 Å². The molecule has 121 heavy (non-hydrogen) atoms. The fraction of sp³-hybridized carbons (Fsp3) is 0.140. The summed E-state index contributed by atoms with van der Waals surface area (Å²) in [5, 5.41) is 27.5. The van der Waals surface area contributed by atoms with Crippen LogP contribution in [0.1, 0.15) is 116 Å². The second-order valence-electron chi connectivity index (χ2n) is 37.1. The van der Waals surface area contributed by atoms with Crippen LogP contribution in [0.2, 0.25) is 0 Å². The van der Waals surface area contributed by atoms with Crippen molar-refractivity contribution >= 4 is 101 Å². The van der Waals surface area contributed by atoms with Crippen molar-refractivity contribution in [2.45, 2.75) is 105 Å². The molecule has 0 unspecified atom stereocenters. The largest absolute Gasteiger partial charge is 0.310 e. The molecule has 20 rings (SSSR count). The Kier molecular flexibility index (Phi) is 18.0. The fourth-order valence-corrected chi connectivity index (χ4v) is 19.1. The summed E-state index contributed by atoms with van der Waals surface area (Å²) in [6.45, 7) is 27.6. The first-order chi connectivity index (χ1) is 58.5. The predicted octanol–water partition coefficient (Wildman–Crippen LogP) is 28.6. The van der Waals surface area contributed by atoms with Crippen LogP contribution in [0.3, 0.4) is 0 Å². The molecule has 2 aliphatic heterocycles. The first-order valence-corrected chi connectivity index (χ1v) is 42.3. The third-order valence-corrected chi connectivity index (χ3v) is 25.3. The molecule has 0 fully saturated rings. The molecule has 0 saturated heterocycles. The zero-order valence-corrected chi connectivity index (χ0v) is 70.7. The van der Waals surface area contributed by atoms with Crippen molar-refractivity contribution < 1.29 is 0 Å². The van der Waals surface area contributed by atoms with Crippen LogP contribution in [-0.2, 0) is 21.7 Å². The van der Waals surface area contributed by atoms with E-state index in [-0.39, 0.29) is 21.7 Å². The van der Waals surface area contributed by atoms with Gasteiger partial charge in [0.1, 0.15) is 0 Å². The molecule has 0 amide bonds. The van der Waals surface area contributed by atoms with Crippen LogP contribution in [-0.4, -0.2) is 15.8 Å². The molecule has 4 heterocycles. The van der Waals surface area contributed by atoms with Crippen LogP contribution < -0.4 is 26.2 Å². The Hall–Kier alpha value is -14.2. The summed E-state index contributed by atoms with van der Waals surface area (Å²) in [7, 11) is 0. The summed E-state index contributed by atoms with van der Waals surface area (Å²) in [6.07, 6.45) is 0. The number of para-hydroxylation sites is 4. The molecule has 0 aliphatic carbocycles. The van der Waals surface area contributed by atoms with E-state index < -0.39 is 6.71 Å². The third kappa shape index (κ3) is 12.8. The summed E-state index contributed by atoms with van der Waals surface area (Å²) in [5.74, 6) is 0. The van der Waals surface area contributed by atoms with Gasteiger partial charge in [-0.05, 0) is 207 Å². The number of nitriles is 2. The number of benzene rings is 16. The number of nitrogens with zero attached hydrogens (tertiary/aromatic N) is 6. The van der Waals surface area contributed by atoms with Gasteiger partial charge in [-0.1, -0.05) is 332 Å². The zero-order valence-electron chi connectivity index (χ0n) is 70.7. The van der Waals surface area contributed by atoms with Crippen LogP contribution in [0.5, 0.6) is 0 Å². The molecule has 0 saturated carbocycles. The molecule has 582 valence electrons. The quantitative estimate of drug-likeness (QED) is 0.121. The van der Waals surface area contributed by atoms with Gasteiger partial charge in [-0.15, -0.1) is 0 Å². The highest BCUT2D eigenvalue weighted by atomic mass is 15.2. The molecule has 0 spiro atoms. The lowest BCUT2D eigenvalue weighted by atomic mass is 9.33. The highest BCUT2D eigenvalue weighted by Crippen LogP contribution is 2.57. The minimum absolute atomic E-state index is 0.228. The normalized spacial score (nSPS) is 12.7. The van der Waals surface area contributed by atoms with Gasteiger partial charge in [-0.2, -0.15) is 10.5 Å². The number of aromatic nitrogens is 2. The SMILES string of the molecule is CC(C)(C)c1cc(-c2cc(-c3ccccc3)cc(-c3ccccc3)c2N2c3cc(-n4c5ccccc5c5ccccc54)ccc3B3c4ccc(-n5c6ccccc6c6ccccc65)cc4N(c4c(-c5ccccc5)cc(-c5c(C#N)cccc5C#N)cc4-c4cc(C(C)(C)C)cc(C(C)(C)C)c4)c4cc(-c5ccccc5)cc2c43)cc(C(C)(C)C)c1. The number of rotatable bonds is 11. The standard InChI is InChI=1S/C114H93BN6/c1-111(2,3)83-56-80(57-84(66-83)112(4,5)6)95-61-78(72-34-17-13-18-35-72)60-93(74-38-21-15-22-39-74)109(95)120-103-68-87(118-99-48-29-25-44-89(99)90-45-26-30-49-100(90)118)52-54-97(103)115-98-55-53-88(119-101-50-31-27-46-91(101)92-47-28-32-51-102(92)119)69-104(98)121(106-65-79(64-105(120)108(106)115)73-36-19-14-20-37-73)110-94(75-40-23-16-24-41-75)62-82(107-76(70-116)42-33-43-77(107)71-117)63-96(110)81-58-85(113(7,8)9)67-86(59-81)114(10,11)12/h13-69H,1-12H3. The van der Waals surface area contributed by atoms with Gasteiger partial charge in [0.05, 0.1) is 56.7 Å². The summed E-state index contributed by atoms with van der Waals surface area (Å²) in [6, 6.07) is 134. The second kappa shape index (κ2) is 28.8. The lowest BCUT2D eigenvalue weighted by molar-refractivity contribution is 0.568. The highest BCUT2D eigenvalue weighted by molar-refractivity contribution is 7.00. The minimum atomic E-state index is -0.393. The Bertz CT molecular complexity index is 7120. The first kappa shape index (κ1) is 75.5. The molecular formula is C114H93BN6. The van der Waals surface area contributed by atoms with Crippen LogP contribution >= 0.6 is 0 Å². The summed E-state index contributed by atoms with van der Waals surface area (Å²) in [4.78, 5) is 5.37. The van der Waals surface area contributed by atoms with E-state index in [1.807, 2.05) is 18.2 Å². The van der Waals surface area contributed by atoms with Crippen LogP contribution in [0.15, 0.2) is 346 Å². The molecule has 2 aromatic heterocycles. The summed E-state index contributed by atoms with van der Waals surface area (Å²) < 4.78 is 4.96. The van der Waals surface area contributed by atoms with Crippen molar-refractivity contribution in [2.75, 3.05) is 9.80 Å². The summed E-state index contributed by atoms with van der Waals surface area (Å²) >= 11 is 0. The van der Waals surface area contributed by atoms with Crippen molar-refractivity contribution in [1.82, 2.24) is 9.13 Å². The van der Waals surface area contributed by atoms with Crippen LogP contribution in [0.4, 0.5) is 34.1 Å². The smallest absolute Gasteiger partial charge is 0.252 e. The fourth-order valence-electron chi connectivity index (χ4n) is 19.1. The van der Waals surface area contributed by atoms with Crippen molar-refractivity contribution in [3.8, 4) is 101 Å². The number of hydrogen-bond donors (Lipinski definition) is 0. The monoisotopic (exact) mass is 1560 g/mol. The van der Waals surface area contributed by atoms with E-state index >= 15 is 0 Å². The van der Waals surface area contributed by atoms with Crippen molar-refractivity contribution in [3.63, 3.8) is 0 Å². The number of anilines is 6. The van der Waals surface area contributed by atoms with E-state index in [9.17, 15) is 10.5 Å². The van der Waals surface area contributed by atoms with E-state index in [2.05, 4.69) is 442 Å². The van der Waals surface area contributed by atoms with Gasteiger partial charge >= 0.3 is 0 Å². The second-order valence-corrected chi connectivity index (χ2v) is 37.1. The molecule has 16 aromatic carbocycles. The molecular weight excluding hydrogens is 1460 g/mol. The Morgan fingerprint density at radius 1 is 0.248 bits per heavy atom. The lowest BCUT2D eigenvalue weighted by Crippen LogP contribution is -2.61. The molecule has 6 nitrogen and oxygen atoms in total. The van der Waals surface area contributed by atoms with Gasteiger partial charge in [0, 0.05) is 83.5 Å². The van der Waals surface area contributed by atoms with Crippen LogP contribution in [0, 0.1) is 22.7 Å². The van der Waals surface area contributed by atoms with Crippen LogP contribution in [0.25, 0.3) is 133 Å². The molecule has 2 aliphatic rings. The van der Waals surface area contributed by atoms with Gasteiger partial charge in [0.2, 0.25) is 0 Å². The molecule has 0 bridgehead atoms. The van der Waals surface area contributed by atoms with Gasteiger partial charge in [0.25, 0.3) is 6.71 Å². The van der Waals surface area contributed by atoms with Crippen molar-refractivity contribution in [1.29, 1.82) is 10.5 Å². The number of hydrogen-bond acceptors (Lipinski definition) is 4. The van der Waals surface area contributed by atoms with E-state index in [1.165, 1.54) is 43.8 Å². The Morgan fingerprint density at radius 2 is 0.545 bits per heavy atom. The molecule has 7 heteroatoms. The van der Waals surface area contributed by atoms with Crippen molar-refractivity contribution in [3.05, 3.63) is 379 Å². The topological polar surface area (TPSA) is 63.9 Å². The van der Waals surface area contributed by atoms with Gasteiger partial charge in [-0.25, -0.2) is 0 Å². The number of fused-ring (bicyclic) bond motifs is 10. The average molecular weight is 1560 g/mol. The maximum Gasteiger partial charge on any atom is 0.252 e. The van der Waals surface area contributed by atoms with Crippen molar-refractivity contribution in [2.24, 2.45) is 0 Å². The highest BCUT2D eigenvalue weighted by Gasteiger charge is 2.47. The zero-order chi connectivity index (χ0) is 83.1. The third-order valence-electron chi connectivity index (χ3n) is 25.3. The minimum Gasteiger partial charge on any atom is -0.310 e. The predicted molar refractivity (Wildman–Crippen MR) is 511 cm³/mol.